The molecule has 0 unspecified atom stereocenters. The van der Waals surface area contributed by atoms with Gasteiger partial charge in [-0.3, -0.25) is 14.2 Å². The molecule has 2 aromatic carbocycles. The highest BCUT2D eigenvalue weighted by Crippen LogP contribution is 2.35. The summed E-state index contributed by atoms with van der Waals surface area (Å²) in [5.74, 6) is 0.204. The molecule has 0 aliphatic rings. The van der Waals surface area contributed by atoms with Gasteiger partial charge in [0.2, 0.25) is 0 Å². The molecule has 1 aromatic heterocycles. The number of hydrogen-bond donors (Lipinski definition) is 0. The molecule has 0 aliphatic carbocycles. The number of aldehydes is 1. The molecule has 3 rings (SSSR count). The molecule has 0 bridgehead atoms. The van der Waals surface area contributed by atoms with Gasteiger partial charge in [-0.15, -0.1) is 0 Å². The maximum atomic E-state index is 13.4. The largest absolute Gasteiger partial charge is 0.493 e. The molecule has 9 heteroatoms. The molecule has 3 aromatic rings. The summed E-state index contributed by atoms with van der Waals surface area (Å²) in [7, 11) is 2.91. The van der Waals surface area contributed by atoms with Crippen molar-refractivity contribution < 1.29 is 19.1 Å². The Labute approximate surface area is 175 Å². The Kier molecular flexibility index (Phi) is 5.93. The molecule has 0 spiro atoms. The fraction of sp³-hybridized carbons (Fsp3) is 0.105. The predicted molar refractivity (Wildman–Crippen MR) is 107 cm³/mol. The first-order valence-corrected chi connectivity index (χ1v) is 9.00. The van der Waals surface area contributed by atoms with Crippen LogP contribution in [-0.2, 0) is 0 Å². The zero-order chi connectivity index (χ0) is 20.4. The molecule has 0 atom stereocenters. The Morgan fingerprint density at radius 2 is 1.82 bits per heavy atom. The lowest BCUT2D eigenvalue weighted by atomic mass is 10.00. The Balaban J connectivity index is 2.27. The summed E-state index contributed by atoms with van der Waals surface area (Å²) >= 11 is 18.3. The first-order valence-electron chi connectivity index (χ1n) is 7.87. The van der Waals surface area contributed by atoms with Gasteiger partial charge in [0, 0.05) is 10.6 Å². The van der Waals surface area contributed by atoms with Crippen LogP contribution in [0.5, 0.6) is 11.5 Å². The van der Waals surface area contributed by atoms with Crippen LogP contribution in [0.1, 0.15) is 26.5 Å². The minimum Gasteiger partial charge on any atom is -0.493 e. The molecule has 28 heavy (non-hydrogen) atoms. The smallest absolute Gasteiger partial charge is 0.199 e. The number of halogens is 3. The van der Waals surface area contributed by atoms with E-state index in [0.29, 0.717) is 22.7 Å². The van der Waals surface area contributed by atoms with E-state index in [4.69, 9.17) is 44.3 Å². The van der Waals surface area contributed by atoms with Crippen molar-refractivity contribution in [3.05, 3.63) is 68.7 Å². The zero-order valence-electron chi connectivity index (χ0n) is 14.7. The normalized spacial score (nSPS) is 10.6. The Morgan fingerprint density at radius 1 is 1.07 bits per heavy atom. The second kappa shape index (κ2) is 8.22. The van der Waals surface area contributed by atoms with Gasteiger partial charge in [-0.2, -0.15) is 0 Å². The van der Waals surface area contributed by atoms with Gasteiger partial charge in [-0.25, -0.2) is 4.98 Å². The molecular weight excluding hydrogens is 427 g/mol. The Hall–Kier alpha value is -2.54. The average molecular weight is 440 g/mol. The summed E-state index contributed by atoms with van der Waals surface area (Å²) < 4.78 is 11.9. The minimum atomic E-state index is -0.411. The molecule has 0 radical (unpaired) electrons. The summed E-state index contributed by atoms with van der Waals surface area (Å²) in [6.45, 7) is 0. The molecule has 0 fully saturated rings. The highest BCUT2D eigenvalue weighted by Gasteiger charge is 2.24. The second-order valence-corrected chi connectivity index (χ2v) is 6.69. The predicted octanol–water partition coefficient (Wildman–Crippen LogP) is 4.89. The van der Waals surface area contributed by atoms with E-state index in [1.807, 2.05) is 0 Å². The molecule has 0 aliphatic heterocycles. The highest BCUT2D eigenvalue weighted by molar-refractivity contribution is 6.41. The number of hydrogen-bond acceptors (Lipinski definition) is 5. The SMILES string of the molecule is COc1cccc(C(=O)c2cc(Cl)ccc2-n2c(C=O)nc(Cl)c2Cl)c1OC. The van der Waals surface area contributed by atoms with Crippen molar-refractivity contribution in [1.82, 2.24) is 9.55 Å². The van der Waals surface area contributed by atoms with Crippen molar-refractivity contribution in [1.29, 1.82) is 0 Å². The van der Waals surface area contributed by atoms with E-state index in [0.717, 1.165) is 0 Å². The van der Waals surface area contributed by atoms with Crippen molar-refractivity contribution in [3.63, 3.8) is 0 Å². The van der Waals surface area contributed by atoms with Gasteiger partial charge in [0.15, 0.2) is 39.7 Å². The summed E-state index contributed by atoms with van der Waals surface area (Å²) in [5.41, 5.74) is 0.726. The summed E-state index contributed by atoms with van der Waals surface area (Å²) in [5, 5.41) is 0.262. The van der Waals surface area contributed by atoms with E-state index in [-0.39, 0.29) is 33.0 Å². The topological polar surface area (TPSA) is 70.4 Å². The number of aromatic nitrogens is 2. The second-order valence-electron chi connectivity index (χ2n) is 5.54. The maximum absolute atomic E-state index is 13.4. The van der Waals surface area contributed by atoms with Crippen LogP contribution in [0.2, 0.25) is 15.3 Å². The lowest BCUT2D eigenvalue weighted by molar-refractivity contribution is 0.103. The number of nitrogens with zero attached hydrogens (tertiary/aromatic N) is 2. The van der Waals surface area contributed by atoms with E-state index in [9.17, 15) is 9.59 Å². The number of carbonyl (C=O) groups excluding carboxylic acids is 2. The van der Waals surface area contributed by atoms with E-state index in [1.165, 1.54) is 24.9 Å². The van der Waals surface area contributed by atoms with Crippen LogP contribution in [-0.4, -0.2) is 35.8 Å². The molecule has 0 amide bonds. The lowest BCUT2D eigenvalue weighted by Crippen LogP contribution is -2.11. The van der Waals surface area contributed by atoms with E-state index in [2.05, 4.69) is 4.98 Å². The van der Waals surface area contributed by atoms with Crippen LogP contribution in [0, 0.1) is 0 Å². The number of methoxy groups -OCH3 is 2. The van der Waals surface area contributed by atoms with Crippen LogP contribution >= 0.6 is 34.8 Å². The van der Waals surface area contributed by atoms with Crippen molar-refractivity contribution in [2.24, 2.45) is 0 Å². The zero-order valence-corrected chi connectivity index (χ0v) is 17.0. The first-order chi connectivity index (χ1) is 13.4. The Bertz CT molecular complexity index is 1080. The summed E-state index contributed by atoms with van der Waals surface area (Å²) in [6.07, 6.45) is 0.493. The van der Waals surface area contributed by atoms with Gasteiger partial charge < -0.3 is 9.47 Å². The number of rotatable bonds is 6. The van der Waals surface area contributed by atoms with E-state index < -0.39 is 5.78 Å². The van der Waals surface area contributed by atoms with Gasteiger partial charge in [-0.05, 0) is 30.3 Å². The van der Waals surface area contributed by atoms with E-state index >= 15 is 0 Å². The van der Waals surface area contributed by atoms with Crippen LogP contribution in [0.3, 0.4) is 0 Å². The van der Waals surface area contributed by atoms with Crippen LogP contribution < -0.4 is 9.47 Å². The minimum absolute atomic E-state index is 0.00209. The molecule has 0 saturated heterocycles. The average Bonchev–Trinajstić information content (AvgIpc) is 3.00. The van der Waals surface area contributed by atoms with Crippen molar-refractivity contribution in [2.45, 2.75) is 0 Å². The number of para-hydroxylation sites is 1. The standard InChI is InChI=1S/C19H13Cl3N2O4/c1-27-14-5-3-4-11(17(14)28-2)16(26)12-8-10(20)6-7-13(12)24-15(9-25)23-18(21)19(24)22/h3-9H,1-2H3. The third kappa shape index (κ3) is 3.46. The van der Waals surface area contributed by atoms with Crippen molar-refractivity contribution >= 4 is 46.9 Å². The summed E-state index contributed by atoms with van der Waals surface area (Å²) in [4.78, 5) is 28.7. The maximum Gasteiger partial charge on any atom is 0.199 e. The van der Waals surface area contributed by atoms with Gasteiger partial charge in [0.25, 0.3) is 0 Å². The monoisotopic (exact) mass is 438 g/mol. The number of carbonyl (C=O) groups is 2. The fourth-order valence-corrected chi connectivity index (χ4v) is 3.36. The fourth-order valence-electron chi connectivity index (χ4n) is 2.79. The molecule has 6 nitrogen and oxygen atoms in total. The van der Waals surface area contributed by atoms with Crippen LogP contribution in [0.25, 0.3) is 5.69 Å². The molecule has 1 heterocycles. The van der Waals surface area contributed by atoms with Gasteiger partial charge in [0.05, 0.1) is 25.5 Å². The first kappa shape index (κ1) is 20.2. The molecule has 144 valence electrons. The molecule has 0 N–H and O–H groups in total. The number of ether oxygens (including phenoxy) is 2. The van der Waals surface area contributed by atoms with Crippen LogP contribution in [0.4, 0.5) is 0 Å². The van der Waals surface area contributed by atoms with Gasteiger partial charge >= 0.3 is 0 Å². The quantitative estimate of drug-likeness (QED) is 0.404. The van der Waals surface area contributed by atoms with Crippen molar-refractivity contribution in [2.75, 3.05) is 14.2 Å². The highest BCUT2D eigenvalue weighted by atomic mass is 35.5. The van der Waals surface area contributed by atoms with Gasteiger partial charge in [0.1, 0.15) is 0 Å². The van der Waals surface area contributed by atoms with Crippen molar-refractivity contribution in [3.8, 4) is 17.2 Å². The van der Waals surface area contributed by atoms with Gasteiger partial charge in [-0.1, -0.05) is 40.9 Å². The molecular formula is C19H13Cl3N2O4. The number of benzene rings is 2. The third-order valence-electron chi connectivity index (χ3n) is 4.01. The molecule has 0 saturated carbocycles. The number of ketones is 1. The number of imidazole rings is 1. The summed E-state index contributed by atoms with van der Waals surface area (Å²) in [6, 6.07) is 9.52. The van der Waals surface area contributed by atoms with Crippen LogP contribution in [0.15, 0.2) is 36.4 Å². The lowest BCUT2D eigenvalue weighted by Gasteiger charge is -2.15. The Morgan fingerprint density at radius 3 is 2.46 bits per heavy atom. The third-order valence-corrected chi connectivity index (χ3v) is 4.95. The van der Waals surface area contributed by atoms with E-state index in [1.54, 1.807) is 30.3 Å².